The summed E-state index contributed by atoms with van der Waals surface area (Å²) in [5.41, 5.74) is 0.123. The number of fused-ring (bicyclic) bond motifs is 1. The summed E-state index contributed by atoms with van der Waals surface area (Å²) in [5, 5.41) is 3.28. The number of benzene rings is 1. The number of hydrogen-bond acceptors (Lipinski definition) is 4. The van der Waals surface area contributed by atoms with Crippen LogP contribution in [0.2, 0.25) is 0 Å². The number of nitrogens with zero attached hydrogens (tertiary/aromatic N) is 2. The number of allylic oxidation sites excluding steroid dienone is 1. The maximum Gasteiger partial charge on any atom is 0.257 e. The molecule has 0 saturated heterocycles. The lowest BCUT2D eigenvalue weighted by molar-refractivity contribution is 0.0889. The third kappa shape index (κ3) is 4.92. The highest BCUT2D eigenvalue weighted by Crippen LogP contribution is 2.29. The molecule has 0 unspecified atom stereocenters. The van der Waals surface area contributed by atoms with Gasteiger partial charge in [-0.3, -0.25) is 9.59 Å². The van der Waals surface area contributed by atoms with Gasteiger partial charge in [0.05, 0.1) is 10.4 Å². The van der Waals surface area contributed by atoms with Gasteiger partial charge in [0.15, 0.2) is 0 Å². The second-order valence-electron chi connectivity index (χ2n) is 8.93. The number of carbonyl (C=O) groups is 1. The zero-order chi connectivity index (χ0) is 24.3. The molecule has 1 amide bonds. The predicted molar refractivity (Wildman–Crippen MR) is 132 cm³/mol. The molecular formula is C25H35N3O4S. The van der Waals surface area contributed by atoms with Gasteiger partial charge in [0.2, 0.25) is 15.5 Å². The first-order valence-electron chi connectivity index (χ1n) is 11.7. The summed E-state index contributed by atoms with van der Waals surface area (Å²) in [6.45, 7) is 12.7. The largest absolute Gasteiger partial charge is 0.349 e. The van der Waals surface area contributed by atoms with Crippen LogP contribution in [0.1, 0.15) is 57.3 Å². The number of pyridine rings is 1. The van der Waals surface area contributed by atoms with Crippen LogP contribution in [0.3, 0.4) is 0 Å². The molecule has 180 valence electrons. The molecule has 0 spiro atoms. The van der Waals surface area contributed by atoms with E-state index in [-0.39, 0.29) is 21.9 Å². The van der Waals surface area contributed by atoms with Crippen molar-refractivity contribution < 1.29 is 13.2 Å². The van der Waals surface area contributed by atoms with Crippen molar-refractivity contribution in [3.05, 3.63) is 52.8 Å². The van der Waals surface area contributed by atoms with Crippen LogP contribution < -0.4 is 10.7 Å². The normalized spacial score (nSPS) is 21.3. The third-order valence-electron chi connectivity index (χ3n) is 6.99. The molecule has 1 aromatic heterocycles. The van der Waals surface area contributed by atoms with Crippen molar-refractivity contribution in [2.45, 2.75) is 64.4 Å². The Labute approximate surface area is 196 Å². The van der Waals surface area contributed by atoms with Crippen molar-refractivity contribution in [2.75, 3.05) is 13.1 Å². The fraction of sp³-hybridized carbons (Fsp3) is 0.520. The van der Waals surface area contributed by atoms with Gasteiger partial charge < -0.3 is 9.88 Å². The molecule has 1 aromatic carbocycles. The van der Waals surface area contributed by atoms with Crippen LogP contribution in [0, 0.1) is 11.8 Å². The first kappa shape index (κ1) is 25.2. The molecule has 1 fully saturated rings. The van der Waals surface area contributed by atoms with Gasteiger partial charge in [-0.25, -0.2) is 8.42 Å². The quantitative estimate of drug-likeness (QED) is 0.591. The smallest absolute Gasteiger partial charge is 0.257 e. The molecular weight excluding hydrogens is 438 g/mol. The lowest BCUT2D eigenvalue weighted by atomic mass is 9.78. The number of carbonyl (C=O) groups excluding carboxylic acids is 1. The van der Waals surface area contributed by atoms with E-state index in [0.717, 1.165) is 19.3 Å². The summed E-state index contributed by atoms with van der Waals surface area (Å²) < 4.78 is 29.2. The van der Waals surface area contributed by atoms with Gasteiger partial charge in [-0.15, -0.1) is 6.58 Å². The van der Waals surface area contributed by atoms with Crippen molar-refractivity contribution in [1.82, 2.24) is 14.2 Å². The molecule has 2 aromatic rings. The highest BCUT2D eigenvalue weighted by molar-refractivity contribution is 7.89. The average molecular weight is 474 g/mol. The van der Waals surface area contributed by atoms with Gasteiger partial charge in [0.25, 0.3) is 5.91 Å². The second kappa shape index (κ2) is 10.2. The minimum atomic E-state index is -3.74. The van der Waals surface area contributed by atoms with Crippen molar-refractivity contribution in [1.29, 1.82) is 0 Å². The number of nitrogens with one attached hydrogen (secondary N) is 1. The summed E-state index contributed by atoms with van der Waals surface area (Å²) in [6, 6.07) is 4.55. The molecule has 8 heteroatoms. The molecule has 1 saturated carbocycles. The summed E-state index contributed by atoms with van der Waals surface area (Å²) in [5.74, 6) is 0.415. The summed E-state index contributed by atoms with van der Waals surface area (Å²) in [7, 11) is -3.74. The van der Waals surface area contributed by atoms with E-state index in [1.54, 1.807) is 36.8 Å². The highest BCUT2D eigenvalue weighted by Gasteiger charge is 2.29. The molecule has 33 heavy (non-hydrogen) atoms. The summed E-state index contributed by atoms with van der Waals surface area (Å²) >= 11 is 0. The highest BCUT2D eigenvalue weighted by atomic mass is 32.2. The van der Waals surface area contributed by atoms with Gasteiger partial charge in [0.1, 0.15) is 5.56 Å². The minimum Gasteiger partial charge on any atom is -0.349 e. The van der Waals surface area contributed by atoms with Crippen LogP contribution >= 0.6 is 0 Å². The molecule has 1 heterocycles. The van der Waals surface area contributed by atoms with Crippen LogP contribution in [0.25, 0.3) is 10.9 Å². The van der Waals surface area contributed by atoms with E-state index in [1.807, 2.05) is 0 Å². The van der Waals surface area contributed by atoms with Crippen LogP contribution in [-0.2, 0) is 16.6 Å². The van der Waals surface area contributed by atoms with Crippen molar-refractivity contribution in [2.24, 2.45) is 11.8 Å². The standard InChI is InChI=1S/C25H35N3O4S/c1-6-14-27-16-21(25(30)26-22-11-9-10-17(4)18(22)5)24(29)20-15-19(12-13-23(20)27)33(31,32)28(7-2)8-3/h6,12-13,15-18,22H,1,7-11,14H2,2-5H3,(H,26,30)/t17-,18-,22+/m0/s1. The van der Waals surface area contributed by atoms with Gasteiger partial charge in [0, 0.05) is 37.3 Å². The van der Waals surface area contributed by atoms with Crippen LogP contribution in [0.5, 0.6) is 0 Å². The van der Waals surface area contributed by atoms with Crippen molar-refractivity contribution >= 4 is 26.8 Å². The van der Waals surface area contributed by atoms with E-state index < -0.39 is 21.4 Å². The van der Waals surface area contributed by atoms with Crippen LogP contribution in [0.4, 0.5) is 0 Å². The first-order valence-corrected chi connectivity index (χ1v) is 13.2. The summed E-state index contributed by atoms with van der Waals surface area (Å²) in [4.78, 5) is 26.6. The Morgan fingerprint density at radius 2 is 1.94 bits per heavy atom. The fourth-order valence-corrected chi connectivity index (χ4v) is 6.22. The Balaban J connectivity index is 2.10. The molecule has 3 rings (SSSR count). The zero-order valence-corrected chi connectivity index (χ0v) is 20.8. The molecule has 0 bridgehead atoms. The monoisotopic (exact) mass is 473 g/mol. The van der Waals surface area contributed by atoms with E-state index in [9.17, 15) is 18.0 Å². The molecule has 1 aliphatic rings. The van der Waals surface area contributed by atoms with Crippen molar-refractivity contribution in [3.8, 4) is 0 Å². The number of aromatic nitrogens is 1. The van der Waals surface area contributed by atoms with E-state index in [2.05, 4.69) is 25.7 Å². The SMILES string of the molecule is C=CCn1cc(C(=O)N[C@@H]2CCC[C@H](C)[C@@H]2C)c(=O)c2cc(S(=O)(=O)N(CC)CC)ccc21. The van der Waals surface area contributed by atoms with Gasteiger partial charge in [-0.05, 0) is 36.5 Å². The Morgan fingerprint density at radius 1 is 1.24 bits per heavy atom. The number of hydrogen-bond donors (Lipinski definition) is 1. The van der Waals surface area contributed by atoms with Gasteiger partial charge >= 0.3 is 0 Å². The lowest BCUT2D eigenvalue weighted by Crippen LogP contribution is -2.45. The minimum absolute atomic E-state index is 0.0126. The molecule has 1 N–H and O–H groups in total. The Bertz CT molecular complexity index is 1200. The number of rotatable bonds is 8. The van der Waals surface area contributed by atoms with Crippen LogP contribution in [0.15, 0.2) is 46.7 Å². The van der Waals surface area contributed by atoms with E-state index in [1.165, 1.54) is 16.4 Å². The van der Waals surface area contributed by atoms with E-state index in [0.29, 0.717) is 37.0 Å². The average Bonchev–Trinajstić information content (AvgIpc) is 2.79. The van der Waals surface area contributed by atoms with E-state index >= 15 is 0 Å². The lowest BCUT2D eigenvalue weighted by Gasteiger charge is -2.34. The van der Waals surface area contributed by atoms with Gasteiger partial charge in [-0.2, -0.15) is 4.31 Å². The first-order chi connectivity index (χ1) is 15.6. The maximum atomic E-state index is 13.4. The number of amides is 1. The van der Waals surface area contributed by atoms with Crippen LogP contribution in [-0.4, -0.2) is 42.3 Å². The fourth-order valence-electron chi connectivity index (χ4n) is 4.73. The Kier molecular flexibility index (Phi) is 7.80. The molecule has 0 aliphatic heterocycles. The number of sulfonamides is 1. The molecule has 1 aliphatic carbocycles. The molecule has 0 radical (unpaired) electrons. The molecule has 7 nitrogen and oxygen atoms in total. The third-order valence-corrected chi connectivity index (χ3v) is 9.03. The van der Waals surface area contributed by atoms with Crippen molar-refractivity contribution in [3.63, 3.8) is 0 Å². The Hall–Kier alpha value is -2.45. The second-order valence-corrected chi connectivity index (χ2v) is 10.9. The van der Waals surface area contributed by atoms with E-state index in [4.69, 9.17) is 0 Å². The zero-order valence-electron chi connectivity index (χ0n) is 20.0. The topological polar surface area (TPSA) is 88.5 Å². The maximum absolute atomic E-state index is 13.4. The molecule has 3 atom stereocenters. The predicted octanol–water partition coefficient (Wildman–Crippen LogP) is 3.77. The van der Waals surface area contributed by atoms with Gasteiger partial charge in [-0.1, -0.05) is 46.6 Å². The Morgan fingerprint density at radius 3 is 2.58 bits per heavy atom. The summed E-state index contributed by atoms with van der Waals surface area (Å²) in [6.07, 6.45) is 6.30.